The van der Waals surface area contributed by atoms with Crippen molar-refractivity contribution in [3.05, 3.63) is 23.7 Å². The standard InChI is InChI=1S/C16H17F3N6O2S/c1-9-13(8-23(2)22-9)28(26,27)25-12(10-3-4-10)5-14(16(17,18)19)24-15(25)11(6-20)7-21-24/h7-8,10,12,14H,3-5H2,1-2H3/t12-,14+/m1/s1. The van der Waals surface area contributed by atoms with Crippen LogP contribution in [-0.4, -0.2) is 40.2 Å². The van der Waals surface area contributed by atoms with Crippen LogP contribution >= 0.6 is 0 Å². The van der Waals surface area contributed by atoms with Gasteiger partial charge in [0.15, 0.2) is 11.9 Å². The molecule has 28 heavy (non-hydrogen) atoms. The molecule has 150 valence electrons. The second-order valence-electron chi connectivity index (χ2n) is 7.19. The lowest BCUT2D eigenvalue weighted by Gasteiger charge is -2.40. The number of alkyl halides is 3. The van der Waals surface area contributed by atoms with Crippen molar-refractivity contribution in [1.29, 1.82) is 5.26 Å². The van der Waals surface area contributed by atoms with Crippen molar-refractivity contribution in [1.82, 2.24) is 19.6 Å². The van der Waals surface area contributed by atoms with Crippen molar-refractivity contribution in [2.75, 3.05) is 4.31 Å². The molecule has 0 amide bonds. The molecule has 1 aliphatic heterocycles. The second kappa shape index (κ2) is 5.97. The molecule has 1 saturated carbocycles. The van der Waals surface area contributed by atoms with Gasteiger partial charge in [0.2, 0.25) is 0 Å². The molecule has 4 rings (SSSR count). The summed E-state index contributed by atoms with van der Waals surface area (Å²) < 4.78 is 71.0. The van der Waals surface area contributed by atoms with Crippen LogP contribution in [0.5, 0.6) is 0 Å². The molecule has 1 aliphatic carbocycles. The van der Waals surface area contributed by atoms with Crippen LogP contribution in [0.15, 0.2) is 17.3 Å². The Kier molecular flexibility index (Phi) is 4.01. The lowest BCUT2D eigenvalue weighted by molar-refractivity contribution is -0.174. The van der Waals surface area contributed by atoms with E-state index >= 15 is 0 Å². The molecule has 0 aromatic carbocycles. The van der Waals surface area contributed by atoms with Gasteiger partial charge in [0.25, 0.3) is 10.0 Å². The maximum absolute atomic E-state index is 13.7. The van der Waals surface area contributed by atoms with E-state index in [1.807, 2.05) is 0 Å². The summed E-state index contributed by atoms with van der Waals surface area (Å²) in [6, 6.07) is -1.09. The summed E-state index contributed by atoms with van der Waals surface area (Å²) in [6.45, 7) is 1.52. The van der Waals surface area contributed by atoms with Gasteiger partial charge < -0.3 is 0 Å². The number of anilines is 1. The third-order valence-corrected chi connectivity index (χ3v) is 7.13. The number of hydrogen-bond donors (Lipinski definition) is 0. The molecule has 0 spiro atoms. The van der Waals surface area contributed by atoms with E-state index in [2.05, 4.69) is 10.2 Å². The van der Waals surface area contributed by atoms with E-state index in [-0.39, 0.29) is 27.9 Å². The van der Waals surface area contributed by atoms with Gasteiger partial charge in [-0.1, -0.05) is 0 Å². The average molecular weight is 414 g/mol. The number of nitriles is 1. The SMILES string of the molecule is Cc1nn(C)cc1S(=O)(=O)N1c2c(C#N)cnn2[C@H](C(F)(F)F)C[C@@H]1C1CC1. The molecular formula is C16H17F3N6O2S. The molecule has 12 heteroatoms. The number of hydrogen-bond acceptors (Lipinski definition) is 5. The van der Waals surface area contributed by atoms with Gasteiger partial charge in [-0.2, -0.15) is 28.6 Å². The smallest absolute Gasteiger partial charge is 0.274 e. The number of aromatic nitrogens is 4. The maximum Gasteiger partial charge on any atom is 0.410 e. The second-order valence-corrected chi connectivity index (χ2v) is 8.97. The van der Waals surface area contributed by atoms with Gasteiger partial charge >= 0.3 is 6.18 Å². The average Bonchev–Trinajstić information content (AvgIpc) is 3.26. The van der Waals surface area contributed by atoms with Crippen molar-refractivity contribution in [2.24, 2.45) is 13.0 Å². The normalized spacial score (nSPS) is 22.8. The van der Waals surface area contributed by atoms with Crippen molar-refractivity contribution >= 4 is 15.8 Å². The third-order valence-electron chi connectivity index (χ3n) is 5.21. The van der Waals surface area contributed by atoms with Gasteiger partial charge in [0, 0.05) is 19.7 Å². The van der Waals surface area contributed by atoms with E-state index in [1.54, 1.807) is 13.1 Å². The van der Waals surface area contributed by atoms with Crippen LogP contribution in [-0.2, 0) is 17.1 Å². The molecule has 2 aromatic rings. The van der Waals surface area contributed by atoms with E-state index in [9.17, 15) is 26.9 Å². The minimum atomic E-state index is -4.61. The fourth-order valence-corrected chi connectivity index (χ4v) is 5.77. The predicted molar refractivity (Wildman–Crippen MR) is 90.8 cm³/mol. The minimum absolute atomic E-state index is 0.0947. The van der Waals surface area contributed by atoms with Crippen LogP contribution in [0, 0.1) is 24.2 Å². The monoisotopic (exact) mass is 414 g/mol. The maximum atomic E-state index is 13.7. The molecule has 0 saturated heterocycles. The van der Waals surface area contributed by atoms with Crippen LogP contribution in [0.1, 0.15) is 36.6 Å². The fourth-order valence-electron chi connectivity index (χ4n) is 3.83. The van der Waals surface area contributed by atoms with Gasteiger partial charge in [-0.3, -0.25) is 4.68 Å². The highest BCUT2D eigenvalue weighted by atomic mass is 32.2. The van der Waals surface area contributed by atoms with Crippen molar-refractivity contribution in [3.8, 4) is 6.07 Å². The minimum Gasteiger partial charge on any atom is -0.274 e. The van der Waals surface area contributed by atoms with Crippen molar-refractivity contribution < 1.29 is 21.6 Å². The summed E-state index contributed by atoms with van der Waals surface area (Å²) >= 11 is 0. The fraction of sp³-hybridized carbons (Fsp3) is 0.562. The number of aryl methyl sites for hydroxylation is 2. The van der Waals surface area contributed by atoms with Gasteiger partial charge in [-0.25, -0.2) is 17.4 Å². The van der Waals surface area contributed by atoms with Gasteiger partial charge in [-0.05, 0) is 25.7 Å². The van der Waals surface area contributed by atoms with E-state index in [0.717, 1.165) is 10.5 Å². The molecule has 0 radical (unpaired) electrons. The third kappa shape index (κ3) is 2.76. The number of sulfonamides is 1. The highest BCUT2D eigenvalue weighted by Gasteiger charge is 2.55. The first-order chi connectivity index (χ1) is 13.1. The Labute approximate surface area is 159 Å². The summed E-state index contributed by atoms with van der Waals surface area (Å²) in [5.74, 6) is -0.511. The molecule has 2 atom stereocenters. The Bertz CT molecular complexity index is 1080. The number of fused-ring (bicyclic) bond motifs is 1. The molecule has 3 heterocycles. The molecule has 1 fully saturated rings. The quantitative estimate of drug-likeness (QED) is 0.768. The highest BCUT2D eigenvalue weighted by Crippen LogP contribution is 2.50. The van der Waals surface area contributed by atoms with Gasteiger partial charge in [0.05, 0.1) is 17.9 Å². The number of nitrogens with zero attached hydrogens (tertiary/aromatic N) is 6. The Morgan fingerprint density at radius 2 is 2.00 bits per heavy atom. The Morgan fingerprint density at radius 3 is 2.50 bits per heavy atom. The van der Waals surface area contributed by atoms with E-state index in [0.29, 0.717) is 17.5 Å². The first-order valence-corrected chi connectivity index (χ1v) is 10.1. The summed E-state index contributed by atoms with van der Waals surface area (Å²) in [6.07, 6.45) is -1.46. The van der Waals surface area contributed by atoms with E-state index in [1.165, 1.54) is 17.8 Å². The van der Waals surface area contributed by atoms with Crippen LogP contribution in [0.3, 0.4) is 0 Å². The van der Waals surface area contributed by atoms with E-state index < -0.39 is 34.7 Å². The first-order valence-electron chi connectivity index (χ1n) is 8.64. The Balaban J connectivity index is 1.95. The number of rotatable bonds is 3. The predicted octanol–water partition coefficient (Wildman–Crippen LogP) is 2.28. The zero-order valence-electron chi connectivity index (χ0n) is 15.0. The summed E-state index contributed by atoms with van der Waals surface area (Å²) in [7, 11) is -2.68. The Morgan fingerprint density at radius 1 is 1.32 bits per heavy atom. The molecule has 0 bridgehead atoms. The summed E-state index contributed by atoms with van der Waals surface area (Å²) in [5, 5.41) is 17.2. The van der Waals surface area contributed by atoms with Gasteiger partial charge in [-0.15, -0.1) is 0 Å². The Hall–Kier alpha value is -2.55. The molecule has 0 unspecified atom stereocenters. The first kappa shape index (κ1) is 18.8. The summed E-state index contributed by atoms with van der Waals surface area (Å²) in [5.41, 5.74) is 0.0317. The van der Waals surface area contributed by atoms with Crippen molar-refractivity contribution in [3.63, 3.8) is 0 Å². The molecule has 8 nitrogen and oxygen atoms in total. The molecular weight excluding hydrogens is 397 g/mol. The zero-order chi connectivity index (χ0) is 20.4. The van der Waals surface area contributed by atoms with Crippen LogP contribution in [0.25, 0.3) is 0 Å². The lowest BCUT2D eigenvalue weighted by atomic mass is 9.99. The largest absolute Gasteiger partial charge is 0.410 e. The van der Waals surface area contributed by atoms with Crippen LogP contribution in [0.4, 0.5) is 19.0 Å². The van der Waals surface area contributed by atoms with Crippen LogP contribution < -0.4 is 4.31 Å². The van der Waals surface area contributed by atoms with Crippen LogP contribution in [0.2, 0.25) is 0 Å². The van der Waals surface area contributed by atoms with E-state index in [4.69, 9.17) is 0 Å². The highest BCUT2D eigenvalue weighted by molar-refractivity contribution is 7.93. The van der Waals surface area contributed by atoms with Crippen molar-refractivity contribution in [2.45, 2.75) is 49.3 Å². The lowest BCUT2D eigenvalue weighted by Crippen LogP contribution is -2.50. The molecule has 2 aliphatic rings. The molecule has 0 N–H and O–H groups in total. The summed E-state index contributed by atoms with van der Waals surface area (Å²) in [4.78, 5) is -0.0947. The molecule has 2 aromatic heterocycles. The number of halogens is 3. The van der Waals surface area contributed by atoms with Gasteiger partial charge in [0.1, 0.15) is 16.5 Å². The topological polar surface area (TPSA) is 96.8 Å². The zero-order valence-corrected chi connectivity index (χ0v) is 15.9.